The van der Waals surface area contributed by atoms with Gasteiger partial charge in [-0.1, -0.05) is 0 Å². The Kier molecular flexibility index (Phi) is 5.56. The Morgan fingerprint density at radius 1 is 1.53 bits per heavy atom. The van der Waals surface area contributed by atoms with Crippen molar-refractivity contribution < 1.29 is 24.2 Å². The van der Waals surface area contributed by atoms with E-state index in [-0.39, 0.29) is 18.5 Å². The number of esters is 1. The van der Waals surface area contributed by atoms with Crippen molar-refractivity contribution in [2.45, 2.75) is 18.9 Å². The zero-order valence-corrected chi connectivity index (χ0v) is 11.7. The van der Waals surface area contributed by atoms with Crippen LogP contribution in [-0.2, 0) is 14.3 Å². The number of nitrogens with one attached hydrogen (secondary N) is 2. The first-order valence-electron chi connectivity index (χ1n) is 5.38. The molecule has 19 heavy (non-hydrogen) atoms. The third-order valence-corrected chi connectivity index (χ3v) is 2.82. The van der Waals surface area contributed by atoms with Crippen molar-refractivity contribution in [1.29, 1.82) is 0 Å². The second-order valence-corrected chi connectivity index (χ2v) is 4.63. The zero-order valence-electron chi connectivity index (χ0n) is 10.1. The fraction of sp³-hybridized carbons (Fsp3) is 0.364. The van der Waals surface area contributed by atoms with Gasteiger partial charge in [-0.15, -0.1) is 0 Å². The van der Waals surface area contributed by atoms with E-state index >= 15 is 0 Å². The van der Waals surface area contributed by atoms with Gasteiger partial charge in [0.25, 0.3) is 5.91 Å². The normalized spacial score (nSPS) is 11.7. The van der Waals surface area contributed by atoms with Crippen molar-refractivity contribution in [3.63, 3.8) is 0 Å². The number of aromatic nitrogens is 1. The van der Waals surface area contributed by atoms with Crippen LogP contribution < -0.4 is 5.32 Å². The zero-order chi connectivity index (χ0) is 14.4. The summed E-state index contributed by atoms with van der Waals surface area (Å²) in [6, 6.07) is 0.378. The van der Waals surface area contributed by atoms with Crippen LogP contribution >= 0.6 is 15.9 Å². The van der Waals surface area contributed by atoms with E-state index in [4.69, 9.17) is 5.11 Å². The third-order valence-electron chi connectivity index (χ3n) is 2.36. The molecule has 0 spiro atoms. The highest BCUT2D eigenvalue weighted by molar-refractivity contribution is 9.10. The van der Waals surface area contributed by atoms with E-state index in [2.05, 4.69) is 31.0 Å². The quantitative estimate of drug-likeness (QED) is 0.671. The number of ether oxygens (including phenoxy) is 1. The standard InChI is InChI=1S/C11H13BrN2O5/c1-19-9(15)3-2-7(11(17)18)14-10(16)8-4-6(12)5-13-8/h4-5,7,13H,2-3H2,1H3,(H,14,16)(H,17,18). The summed E-state index contributed by atoms with van der Waals surface area (Å²) in [6.45, 7) is 0. The van der Waals surface area contributed by atoms with Crippen molar-refractivity contribution in [3.05, 3.63) is 22.4 Å². The predicted molar refractivity (Wildman–Crippen MR) is 68.6 cm³/mol. The van der Waals surface area contributed by atoms with Crippen LogP contribution in [0.2, 0.25) is 0 Å². The molecule has 7 nitrogen and oxygen atoms in total. The summed E-state index contributed by atoms with van der Waals surface area (Å²) in [5, 5.41) is 11.3. The second kappa shape index (κ2) is 6.93. The molecule has 0 aromatic carbocycles. The molecule has 0 fully saturated rings. The Labute approximate surface area is 117 Å². The first kappa shape index (κ1) is 15.2. The second-order valence-electron chi connectivity index (χ2n) is 3.71. The molecule has 0 saturated heterocycles. The molecule has 0 saturated carbocycles. The van der Waals surface area contributed by atoms with Gasteiger partial charge in [-0.25, -0.2) is 4.79 Å². The maximum absolute atomic E-state index is 11.7. The summed E-state index contributed by atoms with van der Waals surface area (Å²) in [5.41, 5.74) is 0.233. The Morgan fingerprint density at radius 2 is 2.21 bits per heavy atom. The Hall–Kier alpha value is -1.83. The number of H-pyrrole nitrogens is 1. The Morgan fingerprint density at radius 3 is 2.68 bits per heavy atom. The van der Waals surface area contributed by atoms with Gasteiger partial charge < -0.3 is 20.1 Å². The maximum Gasteiger partial charge on any atom is 0.326 e. The number of carboxylic acids is 1. The summed E-state index contributed by atoms with van der Waals surface area (Å²) in [6.07, 6.45) is 1.44. The van der Waals surface area contributed by atoms with Crippen molar-refractivity contribution in [3.8, 4) is 0 Å². The molecule has 1 aromatic heterocycles. The highest BCUT2D eigenvalue weighted by Gasteiger charge is 2.22. The molecule has 1 unspecified atom stereocenters. The first-order chi connectivity index (χ1) is 8.93. The fourth-order valence-electron chi connectivity index (χ4n) is 1.36. The summed E-state index contributed by atoms with van der Waals surface area (Å²) in [5.74, 6) is -2.28. The number of hydrogen-bond donors (Lipinski definition) is 3. The number of amides is 1. The molecule has 3 N–H and O–H groups in total. The van der Waals surface area contributed by atoms with Crippen LogP contribution in [0.5, 0.6) is 0 Å². The largest absolute Gasteiger partial charge is 0.480 e. The van der Waals surface area contributed by atoms with Gasteiger partial charge in [0.1, 0.15) is 11.7 Å². The average molecular weight is 333 g/mol. The summed E-state index contributed by atoms with van der Waals surface area (Å²) >= 11 is 3.17. The van der Waals surface area contributed by atoms with Gasteiger partial charge in [0.2, 0.25) is 0 Å². The number of halogens is 1. The van der Waals surface area contributed by atoms with Gasteiger partial charge in [0, 0.05) is 17.1 Å². The van der Waals surface area contributed by atoms with Crippen molar-refractivity contribution in [1.82, 2.24) is 10.3 Å². The molecular weight excluding hydrogens is 320 g/mol. The highest BCUT2D eigenvalue weighted by Crippen LogP contribution is 2.11. The lowest BCUT2D eigenvalue weighted by Gasteiger charge is -2.13. The van der Waals surface area contributed by atoms with Gasteiger partial charge in [-0.3, -0.25) is 9.59 Å². The van der Waals surface area contributed by atoms with Crippen LogP contribution in [0.4, 0.5) is 0 Å². The van der Waals surface area contributed by atoms with Crippen LogP contribution in [0.25, 0.3) is 0 Å². The minimum absolute atomic E-state index is 0.0321. The maximum atomic E-state index is 11.7. The topological polar surface area (TPSA) is 108 Å². The Balaban J connectivity index is 2.61. The minimum Gasteiger partial charge on any atom is -0.480 e. The molecule has 1 rings (SSSR count). The average Bonchev–Trinajstić information content (AvgIpc) is 2.80. The Bertz CT molecular complexity index is 485. The molecule has 1 heterocycles. The number of carboxylic acid groups (broad SMARTS) is 1. The number of carbonyl (C=O) groups is 3. The number of aliphatic carboxylic acids is 1. The van der Waals surface area contributed by atoms with E-state index in [0.717, 1.165) is 0 Å². The predicted octanol–water partition coefficient (Wildman–Crippen LogP) is 0.913. The van der Waals surface area contributed by atoms with Crippen LogP contribution in [0.1, 0.15) is 23.3 Å². The van der Waals surface area contributed by atoms with Gasteiger partial charge >= 0.3 is 11.9 Å². The molecule has 0 aliphatic carbocycles. The van der Waals surface area contributed by atoms with Crippen molar-refractivity contribution >= 4 is 33.8 Å². The molecule has 1 aromatic rings. The number of rotatable bonds is 6. The van der Waals surface area contributed by atoms with E-state index < -0.39 is 23.9 Å². The van der Waals surface area contributed by atoms with E-state index in [1.807, 2.05) is 0 Å². The number of aromatic amines is 1. The number of methoxy groups -OCH3 is 1. The molecule has 0 aliphatic rings. The van der Waals surface area contributed by atoms with Crippen LogP contribution in [0.15, 0.2) is 16.7 Å². The molecule has 0 bridgehead atoms. The lowest BCUT2D eigenvalue weighted by atomic mass is 10.1. The van der Waals surface area contributed by atoms with Crippen LogP contribution in [0.3, 0.4) is 0 Å². The van der Waals surface area contributed by atoms with Crippen molar-refractivity contribution in [2.24, 2.45) is 0 Å². The number of carbonyl (C=O) groups excluding carboxylic acids is 2. The molecule has 104 valence electrons. The third kappa shape index (κ3) is 4.74. The van der Waals surface area contributed by atoms with Gasteiger partial charge in [-0.05, 0) is 28.4 Å². The van der Waals surface area contributed by atoms with Crippen LogP contribution in [-0.4, -0.2) is 41.1 Å². The van der Waals surface area contributed by atoms with Gasteiger partial charge in [0.15, 0.2) is 0 Å². The van der Waals surface area contributed by atoms with E-state index in [9.17, 15) is 14.4 Å². The lowest BCUT2D eigenvalue weighted by Crippen LogP contribution is -2.41. The number of hydrogen-bond acceptors (Lipinski definition) is 4. The molecule has 8 heteroatoms. The molecule has 0 aliphatic heterocycles. The van der Waals surface area contributed by atoms with Crippen molar-refractivity contribution in [2.75, 3.05) is 7.11 Å². The minimum atomic E-state index is -1.21. The van der Waals surface area contributed by atoms with E-state index in [1.54, 1.807) is 6.20 Å². The molecule has 1 amide bonds. The van der Waals surface area contributed by atoms with Gasteiger partial charge in [0.05, 0.1) is 7.11 Å². The summed E-state index contributed by atoms with van der Waals surface area (Å²) < 4.78 is 5.10. The summed E-state index contributed by atoms with van der Waals surface area (Å²) in [4.78, 5) is 36.4. The lowest BCUT2D eigenvalue weighted by molar-refractivity contribution is -0.142. The highest BCUT2D eigenvalue weighted by atomic mass is 79.9. The molecule has 1 atom stereocenters. The smallest absolute Gasteiger partial charge is 0.326 e. The first-order valence-corrected chi connectivity index (χ1v) is 6.17. The summed E-state index contributed by atoms with van der Waals surface area (Å²) in [7, 11) is 1.22. The molecule has 0 radical (unpaired) electrons. The SMILES string of the molecule is COC(=O)CCC(NC(=O)c1cc(Br)c[nH]1)C(=O)O. The van der Waals surface area contributed by atoms with Crippen LogP contribution in [0, 0.1) is 0 Å². The molecular formula is C11H13BrN2O5. The van der Waals surface area contributed by atoms with Gasteiger partial charge in [-0.2, -0.15) is 0 Å². The van der Waals surface area contributed by atoms with E-state index in [1.165, 1.54) is 13.2 Å². The van der Waals surface area contributed by atoms with E-state index in [0.29, 0.717) is 4.47 Å². The monoisotopic (exact) mass is 332 g/mol. The fourth-order valence-corrected chi connectivity index (χ4v) is 1.70.